The second-order valence-electron chi connectivity index (χ2n) is 3.27. The van der Waals surface area contributed by atoms with Crippen LogP contribution in [0.5, 0.6) is 0 Å². The van der Waals surface area contributed by atoms with Gasteiger partial charge in [0.1, 0.15) is 0 Å². The highest BCUT2D eigenvalue weighted by molar-refractivity contribution is 14.1. The molecule has 0 fully saturated rings. The molecule has 0 aromatic rings. The molecule has 10 heavy (non-hydrogen) atoms. The van der Waals surface area contributed by atoms with E-state index in [0.29, 0.717) is 5.41 Å². The normalized spacial score (nSPS) is 32.1. The Morgan fingerprint density at radius 2 is 2.40 bits per heavy atom. The first-order valence-corrected chi connectivity index (χ1v) is 5.11. The lowest BCUT2D eigenvalue weighted by atomic mass is 9.84. The predicted octanol–water partition coefficient (Wildman–Crippen LogP) is 3.33. The van der Waals surface area contributed by atoms with E-state index < -0.39 is 0 Å². The van der Waals surface area contributed by atoms with Gasteiger partial charge < -0.3 is 0 Å². The maximum atomic E-state index is 2.45. The van der Waals surface area contributed by atoms with E-state index in [1.165, 1.54) is 16.4 Å². The van der Waals surface area contributed by atoms with Gasteiger partial charge in [0.2, 0.25) is 0 Å². The van der Waals surface area contributed by atoms with Crippen LogP contribution in [0.2, 0.25) is 0 Å². The minimum atomic E-state index is 0.431. The van der Waals surface area contributed by atoms with E-state index in [-0.39, 0.29) is 0 Å². The summed E-state index contributed by atoms with van der Waals surface area (Å²) in [5.74, 6) is 0. The van der Waals surface area contributed by atoms with Gasteiger partial charge in [0.15, 0.2) is 0 Å². The Bertz CT molecular complexity index is 179. The van der Waals surface area contributed by atoms with Crippen LogP contribution in [-0.4, -0.2) is 4.43 Å². The van der Waals surface area contributed by atoms with E-state index in [9.17, 15) is 0 Å². The molecule has 1 atom stereocenters. The van der Waals surface area contributed by atoms with E-state index in [1.54, 1.807) is 0 Å². The third-order valence-electron chi connectivity index (χ3n) is 1.94. The fourth-order valence-electron chi connectivity index (χ4n) is 0.962. The topological polar surface area (TPSA) is 0 Å². The number of rotatable bonds is 1. The smallest absolute Gasteiger partial charge is 0.00871 e. The molecule has 1 rings (SSSR count). The molecule has 0 unspecified atom stereocenters. The second kappa shape index (κ2) is 3.07. The molecule has 0 saturated heterocycles. The quantitative estimate of drug-likeness (QED) is 0.493. The Balaban J connectivity index is 2.67. The third-order valence-corrected chi connectivity index (χ3v) is 3.69. The largest absolute Gasteiger partial charge is 0.0854 e. The molecule has 0 spiro atoms. The molecular formula is C9H13I. The Morgan fingerprint density at radius 3 is 2.80 bits per heavy atom. The van der Waals surface area contributed by atoms with Gasteiger partial charge in [-0.25, -0.2) is 0 Å². The predicted molar refractivity (Wildman–Crippen MR) is 54.5 cm³/mol. The van der Waals surface area contributed by atoms with Gasteiger partial charge in [-0.05, 0) is 18.8 Å². The maximum Gasteiger partial charge on any atom is 0.00871 e. The van der Waals surface area contributed by atoms with Gasteiger partial charge >= 0.3 is 0 Å². The zero-order chi connectivity index (χ0) is 7.61. The van der Waals surface area contributed by atoms with Crippen molar-refractivity contribution in [3.05, 3.63) is 23.8 Å². The summed E-state index contributed by atoms with van der Waals surface area (Å²) in [4.78, 5) is 0. The van der Waals surface area contributed by atoms with E-state index >= 15 is 0 Å². The molecule has 0 amide bonds. The van der Waals surface area contributed by atoms with Crippen LogP contribution in [0.4, 0.5) is 0 Å². The van der Waals surface area contributed by atoms with Gasteiger partial charge in [0.25, 0.3) is 0 Å². The molecule has 0 aromatic carbocycles. The highest BCUT2D eigenvalue weighted by Gasteiger charge is 2.19. The first-order chi connectivity index (χ1) is 4.66. The third kappa shape index (κ3) is 1.84. The SMILES string of the molecule is CC1=CC[C@@](C)(CI)C=C1. The molecule has 56 valence electrons. The Hall–Kier alpha value is 0.210. The molecule has 0 N–H and O–H groups in total. The van der Waals surface area contributed by atoms with Gasteiger partial charge in [-0.3, -0.25) is 0 Å². The highest BCUT2D eigenvalue weighted by atomic mass is 127. The van der Waals surface area contributed by atoms with Crippen LogP contribution in [0.15, 0.2) is 23.8 Å². The van der Waals surface area contributed by atoms with E-state index in [0.717, 1.165) is 0 Å². The molecule has 0 heterocycles. The van der Waals surface area contributed by atoms with Crippen LogP contribution in [0, 0.1) is 5.41 Å². The van der Waals surface area contributed by atoms with Crippen LogP contribution in [0.1, 0.15) is 20.3 Å². The van der Waals surface area contributed by atoms with Crippen molar-refractivity contribution in [2.45, 2.75) is 20.3 Å². The lowest BCUT2D eigenvalue weighted by Gasteiger charge is -2.24. The minimum absolute atomic E-state index is 0.431. The van der Waals surface area contributed by atoms with Gasteiger partial charge in [-0.15, -0.1) is 0 Å². The second-order valence-corrected chi connectivity index (χ2v) is 4.04. The molecule has 1 aliphatic rings. The van der Waals surface area contributed by atoms with Gasteiger partial charge in [0.05, 0.1) is 0 Å². The average molecular weight is 248 g/mol. The van der Waals surface area contributed by atoms with Crippen LogP contribution in [0.25, 0.3) is 0 Å². The maximum absolute atomic E-state index is 2.45. The van der Waals surface area contributed by atoms with Gasteiger partial charge in [-0.2, -0.15) is 0 Å². The summed E-state index contributed by atoms with van der Waals surface area (Å²) >= 11 is 2.45. The van der Waals surface area contributed by atoms with Crippen molar-refractivity contribution in [2.75, 3.05) is 4.43 Å². The molecule has 0 bridgehead atoms. The zero-order valence-corrected chi connectivity index (χ0v) is 8.68. The average Bonchev–Trinajstić information content (AvgIpc) is 1.96. The molecular weight excluding hydrogens is 235 g/mol. The molecule has 1 aliphatic carbocycles. The Morgan fingerprint density at radius 1 is 1.70 bits per heavy atom. The number of allylic oxidation sites excluding steroid dienone is 4. The Kier molecular flexibility index (Phi) is 2.55. The van der Waals surface area contributed by atoms with Gasteiger partial charge in [0, 0.05) is 4.43 Å². The van der Waals surface area contributed by atoms with Crippen molar-refractivity contribution in [1.82, 2.24) is 0 Å². The number of halogens is 1. The summed E-state index contributed by atoms with van der Waals surface area (Å²) in [5, 5.41) is 0. The summed E-state index contributed by atoms with van der Waals surface area (Å²) in [5.41, 5.74) is 1.84. The zero-order valence-electron chi connectivity index (χ0n) is 6.52. The summed E-state index contributed by atoms with van der Waals surface area (Å²) in [7, 11) is 0. The summed E-state index contributed by atoms with van der Waals surface area (Å²) in [6.45, 7) is 4.46. The van der Waals surface area contributed by atoms with Crippen molar-refractivity contribution in [3.8, 4) is 0 Å². The van der Waals surface area contributed by atoms with Crippen molar-refractivity contribution in [2.24, 2.45) is 5.41 Å². The van der Waals surface area contributed by atoms with Crippen LogP contribution in [-0.2, 0) is 0 Å². The fraction of sp³-hybridized carbons (Fsp3) is 0.556. The standard InChI is InChI=1S/C9H13I/c1-8-3-5-9(2,7-10)6-4-8/h3-5H,6-7H2,1-2H3/t9-/m0/s1. The summed E-state index contributed by atoms with van der Waals surface area (Å²) in [6.07, 6.45) is 8.08. The van der Waals surface area contributed by atoms with Gasteiger partial charge in [-0.1, -0.05) is 53.3 Å². The van der Waals surface area contributed by atoms with Crippen LogP contribution < -0.4 is 0 Å². The summed E-state index contributed by atoms with van der Waals surface area (Å²) < 4.78 is 1.21. The first-order valence-electron chi connectivity index (χ1n) is 3.58. The summed E-state index contributed by atoms with van der Waals surface area (Å²) in [6, 6.07) is 0. The molecule has 0 nitrogen and oxygen atoms in total. The lowest BCUT2D eigenvalue weighted by molar-refractivity contribution is 0.501. The lowest BCUT2D eigenvalue weighted by Crippen LogP contribution is -2.15. The molecule has 0 saturated carbocycles. The van der Waals surface area contributed by atoms with Crippen LogP contribution in [0.3, 0.4) is 0 Å². The number of hydrogen-bond donors (Lipinski definition) is 0. The van der Waals surface area contributed by atoms with Crippen molar-refractivity contribution >= 4 is 22.6 Å². The molecule has 1 heteroatoms. The monoisotopic (exact) mass is 248 g/mol. The first kappa shape index (κ1) is 8.31. The van der Waals surface area contributed by atoms with E-state index in [2.05, 4.69) is 54.7 Å². The molecule has 0 aliphatic heterocycles. The highest BCUT2D eigenvalue weighted by Crippen LogP contribution is 2.30. The number of alkyl halides is 1. The molecule has 0 aromatic heterocycles. The van der Waals surface area contributed by atoms with Crippen molar-refractivity contribution in [1.29, 1.82) is 0 Å². The van der Waals surface area contributed by atoms with Crippen molar-refractivity contribution < 1.29 is 0 Å². The van der Waals surface area contributed by atoms with Crippen LogP contribution >= 0.6 is 22.6 Å². The Labute approximate surface area is 76.5 Å². The van der Waals surface area contributed by atoms with E-state index in [1.807, 2.05) is 0 Å². The molecule has 0 radical (unpaired) electrons. The fourth-order valence-corrected chi connectivity index (χ4v) is 1.53. The number of hydrogen-bond acceptors (Lipinski definition) is 0. The van der Waals surface area contributed by atoms with Crippen molar-refractivity contribution in [3.63, 3.8) is 0 Å². The van der Waals surface area contributed by atoms with E-state index in [4.69, 9.17) is 0 Å². The minimum Gasteiger partial charge on any atom is -0.0854 e.